The average Bonchev–Trinajstić information content (AvgIpc) is 3.03. The average molecular weight is 585 g/mol. The molecule has 6 rings (SSSR count). The zero-order valence-corrected chi connectivity index (χ0v) is 25.8. The largest absolute Gasteiger partial charge is 0.457 e. The third-order valence-corrected chi connectivity index (χ3v) is 7.06. The minimum atomic E-state index is 0.622. The van der Waals surface area contributed by atoms with Crippen molar-refractivity contribution < 1.29 is 9.47 Å². The summed E-state index contributed by atoms with van der Waals surface area (Å²) in [5, 5.41) is 1.04. The Morgan fingerprint density at radius 1 is 0.465 bits per heavy atom. The van der Waals surface area contributed by atoms with Crippen LogP contribution in [0.5, 0.6) is 23.1 Å². The van der Waals surface area contributed by atoms with E-state index in [-0.39, 0.29) is 0 Å². The minimum absolute atomic E-state index is 0.622. The molecule has 0 aliphatic carbocycles. The second-order valence-corrected chi connectivity index (χ2v) is 10.9. The van der Waals surface area contributed by atoms with Crippen molar-refractivity contribution in [2.75, 3.05) is 0 Å². The number of hydrogen-bond donors (Lipinski definition) is 0. The molecule has 0 amide bonds. The molecule has 0 radical (unpaired) electrons. The fourth-order valence-electron chi connectivity index (χ4n) is 3.67. The molecule has 0 N–H and O–H groups in total. The van der Waals surface area contributed by atoms with Gasteiger partial charge >= 0.3 is 0 Å². The number of aromatic nitrogens is 2. The van der Waals surface area contributed by atoms with Gasteiger partial charge in [0.1, 0.15) is 22.3 Å². The molecule has 2 aromatic heterocycles. The molecule has 2 heterocycles. The summed E-state index contributed by atoms with van der Waals surface area (Å²) in [7, 11) is 0. The maximum atomic E-state index is 5.76. The Balaban J connectivity index is 0.000000148. The number of aryl methyl sites for hydroxylation is 4. The lowest BCUT2D eigenvalue weighted by Crippen LogP contribution is -1.86. The second kappa shape index (κ2) is 16.5. The lowest BCUT2D eigenvalue weighted by molar-refractivity contribution is 0.463. The molecule has 216 valence electrons. The van der Waals surface area contributed by atoms with Gasteiger partial charge in [0.25, 0.3) is 0 Å². The number of para-hydroxylation sites is 1. The van der Waals surface area contributed by atoms with Crippen LogP contribution in [0.4, 0.5) is 0 Å². The molecule has 0 aliphatic heterocycles. The SMILES string of the molecule is Cc1ccc(Oc2ccccc2C)cc1.Cc1ccc(Oc2ccccn2)cc1.Cc1ccc(Sc2ccccn2)cc1. The molecule has 0 fully saturated rings. The van der Waals surface area contributed by atoms with E-state index in [0.717, 1.165) is 27.8 Å². The Bertz CT molecular complexity index is 1560. The van der Waals surface area contributed by atoms with Crippen LogP contribution >= 0.6 is 11.8 Å². The van der Waals surface area contributed by atoms with Crippen LogP contribution in [0.15, 0.2) is 156 Å². The minimum Gasteiger partial charge on any atom is -0.457 e. The molecule has 0 saturated heterocycles. The molecule has 5 heteroatoms. The number of ether oxygens (including phenoxy) is 2. The molecule has 0 unspecified atom stereocenters. The van der Waals surface area contributed by atoms with Crippen LogP contribution in [-0.4, -0.2) is 9.97 Å². The molecule has 4 nitrogen and oxygen atoms in total. The summed E-state index contributed by atoms with van der Waals surface area (Å²) >= 11 is 1.69. The predicted octanol–water partition coefficient (Wildman–Crippen LogP) is 10.8. The van der Waals surface area contributed by atoms with Crippen LogP contribution in [0, 0.1) is 27.7 Å². The normalized spacial score (nSPS) is 9.95. The Morgan fingerprint density at radius 2 is 0.977 bits per heavy atom. The Labute approximate surface area is 259 Å². The number of nitrogens with zero attached hydrogens (tertiary/aromatic N) is 2. The van der Waals surface area contributed by atoms with Gasteiger partial charge in [-0.1, -0.05) is 95.2 Å². The van der Waals surface area contributed by atoms with Gasteiger partial charge in [-0.05, 0) is 93.9 Å². The standard InChI is InChI=1S/C14H14O.C12H11NO.C12H11NS/c1-11-7-9-13(10-8-11)15-14-6-4-3-5-12(14)2;2*1-10-5-7-11(8-6-10)14-12-4-2-3-9-13-12/h3-10H,1-2H3;2*2-9H,1H3. The van der Waals surface area contributed by atoms with E-state index in [2.05, 4.69) is 48.1 Å². The summed E-state index contributed by atoms with van der Waals surface area (Å²) in [6, 6.07) is 44.0. The van der Waals surface area contributed by atoms with Gasteiger partial charge < -0.3 is 9.47 Å². The van der Waals surface area contributed by atoms with E-state index in [9.17, 15) is 0 Å². The highest BCUT2D eigenvalue weighted by Gasteiger charge is 2.00. The van der Waals surface area contributed by atoms with Gasteiger partial charge in [-0.3, -0.25) is 0 Å². The predicted molar refractivity (Wildman–Crippen MR) is 177 cm³/mol. The van der Waals surface area contributed by atoms with Crippen molar-refractivity contribution in [1.29, 1.82) is 0 Å². The van der Waals surface area contributed by atoms with Gasteiger partial charge in [0.15, 0.2) is 0 Å². The second-order valence-electron chi connectivity index (χ2n) is 9.85. The number of pyridine rings is 2. The monoisotopic (exact) mass is 584 g/mol. The summed E-state index contributed by atoms with van der Waals surface area (Å²) < 4.78 is 11.3. The maximum Gasteiger partial charge on any atom is 0.219 e. The fourth-order valence-corrected chi connectivity index (χ4v) is 4.45. The Morgan fingerprint density at radius 3 is 1.51 bits per heavy atom. The summed E-state index contributed by atoms with van der Waals surface area (Å²) in [6.45, 7) is 8.25. The van der Waals surface area contributed by atoms with E-state index in [0.29, 0.717) is 5.88 Å². The van der Waals surface area contributed by atoms with E-state index in [1.54, 1.807) is 18.0 Å². The highest BCUT2D eigenvalue weighted by molar-refractivity contribution is 7.99. The molecule has 0 saturated carbocycles. The van der Waals surface area contributed by atoms with Crippen LogP contribution in [-0.2, 0) is 0 Å². The van der Waals surface area contributed by atoms with E-state index in [1.807, 2.05) is 129 Å². The van der Waals surface area contributed by atoms with E-state index < -0.39 is 0 Å². The van der Waals surface area contributed by atoms with Crippen molar-refractivity contribution in [2.24, 2.45) is 0 Å². The quantitative estimate of drug-likeness (QED) is 0.195. The first-order chi connectivity index (χ1) is 20.9. The molecule has 0 aliphatic rings. The third-order valence-electron chi connectivity index (χ3n) is 6.10. The topological polar surface area (TPSA) is 44.2 Å². The molecule has 6 aromatic rings. The summed E-state index contributed by atoms with van der Waals surface area (Å²) in [6.07, 6.45) is 3.53. The zero-order chi connectivity index (χ0) is 30.3. The van der Waals surface area contributed by atoms with Crippen LogP contribution < -0.4 is 9.47 Å². The highest BCUT2D eigenvalue weighted by Crippen LogP contribution is 2.26. The molecule has 4 aromatic carbocycles. The van der Waals surface area contributed by atoms with Crippen LogP contribution in [0.3, 0.4) is 0 Å². The first-order valence-electron chi connectivity index (χ1n) is 14.1. The van der Waals surface area contributed by atoms with Crippen LogP contribution in [0.2, 0.25) is 0 Å². The van der Waals surface area contributed by atoms with Crippen molar-refractivity contribution >= 4 is 11.8 Å². The van der Waals surface area contributed by atoms with Gasteiger partial charge in [0.05, 0.1) is 0 Å². The maximum absolute atomic E-state index is 5.76. The van der Waals surface area contributed by atoms with Crippen LogP contribution in [0.25, 0.3) is 0 Å². The molecule has 0 spiro atoms. The van der Waals surface area contributed by atoms with Crippen molar-refractivity contribution in [3.05, 3.63) is 168 Å². The van der Waals surface area contributed by atoms with E-state index >= 15 is 0 Å². The Kier molecular flexibility index (Phi) is 12.0. The number of benzene rings is 4. The molecular weight excluding hydrogens is 548 g/mol. The van der Waals surface area contributed by atoms with Gasteiger partial charge in [-0.2, -0.15) is 0 Å². The highest BCUT2D eigenvalue weighted by atomic mass is 32.2. The molecule has 0 atom stereocenters. The van der Waals surface area contributed by atoms with Crippen molar-refractivity contribution in [3.63, 3.8) is 0 Å². The summed E-state index contributed by atoms with van der Waals surface area (Å²) in [5.74, 6) is 3.24. The van der Waals surface area contributed by atoms with Gasteiger partial charge in [0, 0.05) is 23.4 Å². The van der Waals surface area contributed by atoms with Crippen molar-refractivity contribution in [2.45, 2.75) is 37.6 Å². The first-order valence-corrected chi connectivity index (χ1v) is 14.9. The third kappa shape index (κ3) is 11.1. The zero-order valence-electron chi connectivity index (χ0n) is 25.0. The summed E-state index contributed by atoms with van der Waals surface area (Å²) in [5.41, 5.74) is 4.90. The van der Waals surface area contributed by atoms with Gasteiger partial charge in [-0.25, -0.2) is 9.97 Å². The van der Waals surface area contributed by atoms with Gasteiger partial charge in [0.2, 0.25) is 5.88 Å². The molecule has 43 heavy (non-hydrogen) atoms. The van der Waals surface area contributed by atoms with Crippen molar-refractivity contribution in [3.8, 4) is 23.1 Å². The lowest BCUT2D eigenvalue weighted by Gasteiger charge is -2.08. The summed E-state index contributed by atoms with van der Waals surface area (Å²) in [4.78, 5) is 9.56. The molecular formula is C38H36N2O2S. The first kappa shape index (κ1) is 31.1. The van der Waals surface area contributed by atoms with Crippen molar-refractivity contribution in [1.82, 2.24) is 9.97 Å². The smallest absolute Gasteiger partial charge is 0.219 e. The fraction of sp³-hybridized carbons (Fsp3) is 0.105. The van der Waals surface area contributed by atoms with Gasteiger partial charge in [-0.15, -0.1) is 0 Å². The van der Waals surface area contributed by atoms with E-state index in [4.69, 9.17) is 9.47 Å². The molecule has 0 bridgehead atoms. The number of hydrogen-bond acceptors (Lipinski definition) is 5. The van der Waals surface area contributed by atoms with E-state index in [1.165, 1.54) is 21.6 Å². The lowest BCUT2D eigenvalue weighted by atomic mass is 10.2. The number of rotatable bonds is 6. The Hall–Kier alpha value is -4.87. The van der Waals surface area contributed by atoms with Crippen LogP contribution in [0.1, 0.15) is 22.3 Å².